The van der Waals surface area contributed by atoms with Crippen molar-refractivity contribution in [2.24, 2.45) is 5.92 Å². The van der Waals surface area contributed by atoms with Crippen molar-refractivity contribution in [2.75, 3.05) is 11.4 Å². The Hall–Kier alpha value is -3.26. The van der Waals surface area contributed by atoms with E-state index in [0.29, 0.717) is 23.9 Å². The lowest BCUT2D eigenvalue weighted by Crippen LogP contribution is -2.41. The zero-order valence-electron chi connectivity index (χ0n) is 21.9. The first-order valence-electron chi connectivity index (χ1n) is 13.0. The molecule has 1 aromatic carbocycles. The number of rotatable bonds is 10. The number of aryl methyl sites for hydroxylation is 2. The molecule has 1 fully saturated rings. The molecule has 1 atom stereocenters. The highest BCUT2D eigenvalue weighted by Gasteiger charge is 2.39. The first kappa shape index (κ1) is 26.8. The molecule has 1 N–H and O–H groups in total. The largest absolute Gasteiger partial charge is 0.351 e. The maximum absolute atomic E-state index is 13.2. The van der Waals surface area contributed by atoms with Crippen molar-refractivity contribution in [2.45, 2.75) is 69.9 Å². The van der Waals surface area contributed by atoms with E-state index >= 15 is 0 Å². The number of anilines is 1. The van der Waals surface area contributed by atoms with Gasteiger partial charge in [0.15, 0.2) is 5.03 Å². The van der Waals surface area contributed by atoms with Crippen LogP contribution < -0.4 is 9.62 Å². The van der Waals surface area contributed by atoms with E-state index < -0.39 is 15.9 Å². The van der Waals surface area contributed by atoms with Gasteiger partial charge in [-0.3, -0.25) is 4.79 Å². The molecule has 3 heterocycles. The standard InChI is InChI=1S/C29H36N4O3S/c1-22-20-29(2,3)33(21-22)27-25(17-11-19-30-27)28(34)32-37(35,36)26-18-10-16-24(31-26)15-9-5-8-14-23-12-6-4-7-13-23/h4,6-7,10-13,16-19,22H,5,8-9,14-15,20-21H2,1-3H3,(H,32,34). The second kappa shape index (κ2) is 11.4. The van der Waals surface area contributed by atoms with Crippen molar-refractivity contribution in [1.82, 2.24) is 14.7 Å². The molecule has 0 spiro atoms. The molecule has 196 valence electrons. The van der Waals surface area contributed by atoms with Gasteiger partial charge in [0.25, 0.3) is 15.9 Å². The highest BCUT2D eigenvalue weighted by atomic mass is 32.2. The number of carbonyl (C=O) groups excluding carboxylic acids is 1. The molecular weight excluding hydrogens is 484 g/mol. The molecule has 7 nitrogen and oxygen atoms in total. The fraction of sp³-hybridized carbons (Fsp3) is 0.414. The van der Waals surface area contributed by atoms with Crippen molar-refractivity contribution in [3.8, 4) is 0 Å². The molecule has 2 aromatic heterocycles. The zero-order chi connectivity index (χ0) is 26.5. The van der Waals surface area contributed by atoms with E-state index in [-0.39, 0.29) is 16.1 Å². The summed E-state index contributed by atoms with van der Waals surface area (Å²) in [7, 11) is -4.14. The van der Waals surface area contributed by atoms with Gasteiger partial charge in [-0.2, -0.15) is 8.42 Å². The van der Waals surface area contributed by atoms with Crippen LogP contribution in [0.15, 0.2) is 71.9 Å². The molecule has 1 aliphatic rings. The third-order valence-electron chi connectivity index (χ3n) is 6.88. The summed E-state index contributed by atoms with van der Waals surface area (Å²) in [5.41, 5.74) is 2.08. The van der Waals surface area contributed by atoms with Crippen molar-refractivity contribution >= 4 is 21.7 Å². The van der Waals surface area contributed by atoms with Crippen molar-refractivity contribution < 1.29 is 13.2 Å². The van der Waals surface area contributed by atoms with E-state index in [1.165, 1.54) is 11.6 Å². The summed E-state index contributed by atoms with van der Waals surface area (Å²) in [4.78, 5) is 24.1. The number of unbranched alkanes of at least 4 members (excludes halogenated alkanes) is 2. The molecular formula is C29H36N4O3S. The molecule has 0 aliphatic carbocycles. The first-order valence-corrected chi connectivity index (χ1v) is 14.4. The molecule has 0 saturated carbocycles. The molecule has 8 heteroatoms. The lowest BCUT2D eigenvalue weighted by molar-refractivity contribution is 0.0981. The summed E-state index contributed by atoms with van der Waals surface area (Å²) < 4.78 is 28.4. The smallest absolute Gasteiger partial charge is 0.281 e. The molecule has 1 saturated heterocycles. The van der Waals surface area contributed by atoms with Crippen molar-refractivity contribution in [3.63, 3.8) is 0 Å². The topological polar surface area (TPSA) is 92.3 Å². The molecule has 37 heavy (non-hydrogen) atoms. The monoisotopic (exact) mass is 520 g/mol. The number of pyridine rings is 2. The molecule has 3 aromatic rings. The highest BCUT2D eigenvalue weighted by Crippen LogP contribution is 2.37. The highest BCUT2D eigenvalue weighted by molar-refractivity contribution is 7.90. The van der Waals surface area contributed by atoms with Crippen LogP contribution in [0.2, 0.25) is 0 Å². The Balaban J connectivity index is 1.40. The maximum Gasteiger partial charge on any atom is 0.281 e. The van der Waals surface area contributed by atoms with E-state index in [0.717, 1.165) is 38.6 Å². The van der Waals surface area contributed by atoms with Crippen LogP contribution in [-0.4, -0.2) is 36.4 Å². The fourth-order valence-corrected chi connectivity index (χ4v) is 6.13. The number of amides is 1. The lowest BCUT2D eigenvalue weighted by atomic mass is 9.97. The number of carbonyl (C=O) groups is 1. The fourth-order valence-electron chi connectivity index (χ4n) is 5.18. The van der Waals surface area contributed by atoms with Crippen LogP contribution in [0.3, 0.4) is 0 Å². The summed E-state index contributed by atoms with van der Waals surface area (Å²) in [6.45, 7) is 7.14. The van der Waals surface area contributed by atoms with Crippen LogP contribution in [-0.2, 0) is 22.9 Å². The number of benzene rings is 1. The maximum atomic E-state index is 13.2. The Bertz CT molecular complexity index is 1330. The summed E-state index contributed by atoms with van der Waals surface area (Å²) in [5, 5.41) is -0.150. The van der Waals surface area contributed by atoms with Crippen LogP contribution in [0.5, 0.6) is 0 Å². The lowest BCUT2D eigenvalue weighted by Gasteiger charge is -2.33. The Morgan fingerprint density at radius 1 is 1.00 bits per heavy atom. The number of hydrogen-bond acceptors (Lipinski definition) is 6. The second-order valence-electron chi connectivity index (χ2n) is 10.6. The number of aromatic nitrogens is 2. The minimum absolute atomic E-state index is 0.150. The van der Waals surface area contributed by atoms with Crippen molar-refractivity contribution in [3.05, 3.63) is 83.7 Å². The summed E-state index contributed by atoms with van der Waals surface area (Å²) >= 11 is 0. The average molecular weight is 521 g/mol. The predicted octanol–water partition coefficient (Wildman–Crippen LogP) is 5.18. The molecule has 0 bridgehead atoms. The SMILES string of the molecule is CC1CN(c2ncccc2C(=O)NS(=O)(=O)c2cccc(CCCCCc3ccccc3)n2)C(C)(C)C1. The minimum Gasteiger partial charge on any atom is -0.351 e. The number of nitrogens with zero attached hydrogens (tertiary/aromatic N) is 3. The predicted molar refractivity (Wildman–Crippen MR) is 146 cm³/mol. The Labute approximate surface area is 220 Å². The van der Waals surface area contributed by atoms with E-state index in [4.69, 9.17) is 0 Å². The quantitative estimate of drug-likeness (QED) is 0.371. The van der Waals surface area contributed by atoms with Crippen LogP contribution in [0.25, 0.3) is 0 Å². The van der Waals surface area contributed by atoms with Gasteiger partial charge >= 0.3 is 0 Å². The van der Waals surface area contributed by atoms with Crippen LogP contribution in [0, 0.1) is 5.92 Å². The van der Waals surface area contributed by atoms with Gasteiger partial charge < -0.3 is 4.90 Å². The van der Waals surface area contributed by atoms with E-state index in [9.17, 15) is 13.2 Å². The van der Waals surface area contributed by atoms with Gasteiger partial charge in [-0.15, -0.1) is 0 Å². The molecule has 1 amide bonds. The van der Waals surface area contributed by atoms with Crippen LogP contribution in [0.4, 0.5) is 5.82 Å². The van der Waals surface area contributed by atoms with Gasteiger partial charge in [-0.1, -0.05) is 49.7 Å². The van der Waals surface area contributed by atoms with E-state index in [1.807, 2.05) is 24.3 Å². The minimum atomic E-state index is -4.14. The normalized spacial score (nSPS) is 17.1. The molecule has 4 rings (SSSR count). The van der Waals surface area contributed by atoms with Gasteiger partial charge in [-0.25, -0.2) is 14.7 Å². The molecule has 1 unspecified atom stereocenters. The van der Waals surface area contributed by atoms with Gasteiger partial charge in [0, 0.05) is 24.0 Å². The first-order chi connectivity index (χ1) is 17.7. The van der Waals surface area contributed by atoms with Gasteiger partial charge in [-0.05, 0) is 81.7 Å². The van der Waals surface area contributed by atoms with Crippen LogP contribution in [0.1, 0.15) is 68.1 Å². The third-order valence-corrected chi connectivity index (χ3v) is 8.12. The third kappa shape index (κ3) is 6.74. The second-order valence-corrected chi connectivity index (χ2v) is 12.2. The van der Waals surface area contributed by atoms with Gasteiger partial charge in [0.05, 0.1) is 5.56 Å². The number of hydrogen-bond donors (Lipinski definition) is 1. The van der Waals surface area contributed by atoms with E-state index in [2.05, 4.69) is 52.5 Å². The number of sulfonamides is 1. The Morgan fingerprint density at radius 2 is 1.76 bits per heavy atom. The van der Waals surface area contributed by atoms with Gasteiger partial charge in [0.2, 0.25) is 0 Å². The average Bonchev–Trinajstić information content (AvgIpc) is 3.16. The van der Waals surface area contributed by atoms with Crippen LogP contribution >= 0.6 is 0 Å². The zero-order valence-corrected chi connectivity index (χ0v) is 22.7. The molecule has 1 aliphatic heterocycles. The van der Waals surface area contributed by atoms with Gasteiger partial charge in [0.1, 0.15) is 5.82 Å². The Morgan fingerprint density at radius 3 is 2.49 bits per heavy atom. The number of nitrogens with one attached hydrogen (secondary N) is 1. The summed E-state index contributed by atoms with van der Waals surface area (Å²) in [5.74, 6) is 0.246. The Kier molecular flexibility index (Phi) is 8.27. The summed E-state index contributed by atoms with van der Waals surface area (Å²) in [6, 6.07) is 18.6. The van der Waals surface area contributed by atoms with E-state index in [1.54, 1.807) is 24.4 Å². The summed E-state index contributed by atoms with van der Waals surface area (Å²) in [6.07, 6.45) is 7.31. The molecule has 0 radical (unpaired) electrons. The van der Waals surface area contributed by atoms with Crippen molar-refractivity contribution in [1.29, 1.82) is 0 Å².